The van der Waals surface area contributed by atoms with Gasteiger partial charge in [-0.25, -0.2) is 9.97 Å². The highest BCUT2D eigenvalue weighted by atomic mass is 15.3. The Balaban J connectivity index is 1.13. The smallest absolute Gasteiger partial charge is 0.163 e. The van der Waals surface area contributed by atoms with Crippen molar-refractivity contribution in [3.63, 3.8) is 0 Å². The van der Waals surface area contributed by atoms with Gasteiger partial charge in [-0.05, 0) is 83.2 Å². The Morgan fingerprint density at radius 3 is 2.75 bits per heavy atom. The van der Waals surface area contributed by atoms with Crippen LogP contribution in [0.2, 0.25) is 0 Å². The van der Waals surface area contributed by atoms with Crippen LogP contribution >= 0.6 is 0 Å². The number of hydrogen-bond acceptors (Lipinski definition) is 6. The number of likely N-dealkylation sites (tertiary alicyclic amines) is 1. The Kier molecular flexibility index (Phi) is 5.38. The zero-order valence-electron chi connectivity index (χ0n) is 22.2. The number of aryl methyl sites for hydroxylation is 3. The number of hydrogen-bond donors (Lipinski definition) is 0. The van der Waals surface area contributed by atoms with Gasteiger partial charge in [-0.15, -0.1) is 0 Å². The number of rotatable bonds is 4. The second-order valence-electron chi connectivity index (χ2n) is 12.1. The van der Waals surface area contributed by atoms with Gasteiger partial charge in [-0.1, -0.05) is 6.42 Å². The molecule has 7 rings (SSSR count). The van der Waals surface area contributed by atoms with Crippen LogP contribution < -0.4 is 4.90 Å². The van der Waals surface area contributed by atoms with Crippen LogP contribution in [0.15, 0.2) is 6.20 Å². The van der Waals surface area contributed by atoms with E-state index in [4.69, 9.17) is 10.1 Å². The largest absolute Gasteiger partial charge is 0.351 e. The Hall–Kier alpha value is -2.48. The molecule has 8 heteroatoms. The average molecular weight is 489 g/mol. The summed E-state index contributed by atoms with van der Waals surface area (Å²) in [4.78, 5) is 14.7. The highest BCUT2D eigenvalue weighted by Gasteiger charge is 2.46. The minimum atomic E-state index is 0.453. The first-order chi connectivity index (χ1) is 17.5. The summed E-state index contributed by atoms with van der Waals surface area (Å²) in [6.07, 6.45) is 14.2. The highest BCUT2D eigenvalue weighted by Crippen LogP contribution is 2.51. The van der Waals surface area contributed by atoms with Crippen LogP contribution in [0.3, 0.4) is 0 Å². The lowest BCUT2D eigenvalue weighted by atomic mass is 9.60. The van der Waals surface area contributed by atoms with E-state index >= 15 is 0 Å². The zero-order chi connectivity index (χ0) is 24.4. The first kappa shape index (κ1) is 22.7. The molecule has 0 spiro atoms. The van der Waals surface area contributed by atoms with E-state index in [0.29, 0.717) is 5.41 Å². The molecule has 3 aromatic rings. The maximum Gasteiger partial charge on any atom is 0.163 e. The van der Waals surface area contributed by atoms with Crippen molar-refractivity contribution in [1.29, 1.82) is 0 Å². The van der Waals surface area contributed by atoms with E-state index in [0.717, 1.165) is 60.7 Å². The Bertz CT molecular complexity index is 1280. The Morgan fingerprint density at radius 2 is 1.89 bits per heavy atom. The van der Waals surface area contributed by atoms with Gasteiger partial charge in [0.2, 0.25) is 0 Å². The fourth-order valence-corrected chi connectivity index (χ4v) is 8.17. The van der Waals surface area contributed by atoms with Crippen molar-refractivity contribution in [2.75, 3.05) is 24.5 Å². The fourth-order valence-electron chi connectivity index (χ4n) is 8.17. The molecule has 8 nitrogen and oxygen atoms in total. The molecule has 3 fully saturated rings. The molecule has 5 heterocycles. The van der Waals surface area contributed by atoms with Crippen molar-refractivity contribution in [1.82, 2.24) is 34.4 Å². The second-order valence-corrected chi connectivity index (χ2v) is 12.1. The fraction of sp³-hybridized carbons (Fsp3) is 0.714. The number of anilines is 1. The van der Waals surface area contributed by atoms with Crippen molar-refractivity contribution >= 4 is 16.9 Å². The molecule has 36 heavy (non-hydrogen) atoms. The summed E-state index contributed by atoms with van der Waals surface area (Å²) < 4.78 is 4.28. The molecule has 3 atom stereocenters. The van der Waals surface area contributed by atoms with E-state index in [1.54, 1.807) is 0 Å². The minimum absolute atomic E-state index is 0.453. The third kappa shape index (κ3) is 3.66. The summed E-state index contributed by atoms with van der Waals surface area (Å²) in [6, 6.07) is 0.850. The number of fused-ring (bicyclic) bond motifs is 4. The van der Waals surface area contributed by atoms with E-state index in [-0.39, 0.29) is 0 Å². The molecular formula is C28H40N8. The molecule has 2 saturated carbocycles. The molecule has 1 saturated heterocycles. The van der Waals surface area contributed by atoms with Gasteiger partial charge >= 0.3 is 0 Å². The summed E-state index contributed by atoms with van der Waals surface area (Å²) in [6.45, 7) is 9.81. The second kappa shape index (κ2) is 8.54. The van der Waals surface area contributed by atoms with Crippen LogP contribution in [-0.2, 0) is 26.6 Å². The number of nitrogens with zero attached hydrogens (tertiary/aromatic N) is 8. The standard InChI is InChI=1S/C28H40N8/c1-19-23-17-35(27-22-16-29-33(3)26(22)30-20(2)31-27)14-9-25(23)36(32-19)18-28-10-6-7-21(15-28)24(8-11-28)34-12-4-5-13-34/h16,21,24H,4-15,17-18H2,1-3H3. The van der Waals surface area contributed by atoms with Crippen molar-refractivity contribution in [3.05, 3.63) is 29.0 Å². The van der Waals surface area contributed by atoms with Crippen molar-refractivity contribution < 1.29 is 0 Å². The lowest BCUT2D eigenvalue weighted by Crippen LogP contribution is -2.49. The average Bonchev–Trinajstić information content (AvgIpc) is 3.60. The van der Waals surface area contributed by atoms with Crippen LogP contribution in [0, 0.1) is 25.2 Å². The third-order valence-electron chi connectivity index (χ3n) is 9.90. The van der Waals surface area contributed by atoms with Gasteiger partial charge in [0.15, 0.2) is 5.65 Å². The van der Waals surface area contributed by atoms with Gasteiger partial charge in [0.05, 0.1) is 17.3 Å². The molecule has 0 aromatic carbocycles. The predicted octanol–water partition coefficient (Wildman–Crippen LogP) is 4.17. The van der Waals surface area contributed by atoms with Crippen molar-refractivity contribution in [2.24, 2.45) is 18.4 Å². The summed E-state index contributed by atoms with van der Waals surface area (Å²) in [5.41, 5.74) is 5.43. The third-order valence-corrected chi connectivity index (χ3v) is 9.90. The Labute approximate surface area is 214 Å². The van der Waals surface area contributed by atoms with Crippen LogP contribution in [0.1, 0.15) is 74.1 Å². The molecule has 0 amide bonds. The quantitative estimate of drug-likeness (QED) is 0.549. The molecule has 192 valence electrons. The van der Waals surface area contributed by atoms with E-state index in [1.807, 2.05) is 24.9 Å². The van der Waals surface area contributed by atoms with Gasteiger partial charge in [-0.2, -0.15) is 10.2 Å². The topological polar surface area (TPSA) is 67.9 Å². The molecule has 2 aliphatic carbocycles. The molecule has 2 aliphatic heterocycles. The molecule has 3 unspecified atom stereocenters. The van der Waals surface area contributed by atoms with Crippen molar-refractivity contribution in [3.8, 4) is 0 Å². The van der Waals surface area contributed by atoms with Crippen LogP contribution in [0.4, 0.5) is 5.82 Å². The lowest BCUT2D eigenvalue weighted by Gasteiger charge is -2.51. The molecule has 3 aromatic heterocycles. The van der Waals surface area contributed by atoms with E-state index in [2.05, 4.69) is 31.5 Å². The van der Waals surface area contributed by atoms with E-state index in [1.165, 1.54) is 81.4 Å². The normalized spacial score (nSPS) is 28.7. The predicted molar refractivity (Wildman–Crippen MR) is 141 cm³/mol. The Morgan fingerprint density at radius 1 is 1.03 bits per heavy atom. The summed E-state index contributed by atoms with van der Waals surface area (Å²) in [5, 5.41) is 10.7. The molecular weight excluding hydrogens is 448 g/mol. The summed E-state index contributed by atoms with van der Waals surface area (Å²) >= 11 is 0. The van der Waals surface area contributed by atoms with E-state index < -0.39 is 0 Å². The van der Waals surface area contributed by atoms with Crippen LogP contribution in [-0.4, -0.2) is 60.1 Å². The first-order valence-electron chi connectivity index (χ1n) is 14.2. The molecule has 2 bridgehead atoms. The minimum Gasteiger partial charge on any atom is -0.351 e. The maximum atomic E-state index is 5.17. The lowest BCUT2D eigenvalue weighted by molar-refractivity contribution is -0.00506. The van der Waals surface area contributed by atoms with Gasteiger partial charge in [0.1, 0.15) is 11.6 Å². The SMILES string of the molecule is Cc1nc(N2CCc3c(c(C)nn3CC34CCCC(C3)C(N3CCCC3)CC4)C2)c2cnn(C)c2n1. The van der Waals surface area contributed by atoms with Crippen LogP contribution in [0.5, 0.6) is 0 Å². The molecule has 4 aliphatic rings. The number of aromatic nitrogens is 6. The first-order valence-corrected chi connectivity index (χ1v) is 14.2. The van der Waals surface area contributed by atoms with E-state index in [9.17, 15) is 0 Å². The maximum absolute atomic E-state index is 5.17. The van der Waals surface area contributed by atoms with Gasteiger partial charge in [0, 0.05) is 50.4 Å². The van der Waals surface area contributed by atoms with Gasteiger partial charge in [0.25, 0.3) is 0 Å². The molecule has 0 N–H and O–H groups in total. The van der Waals surface area contributed by atoms with Gasteiger partial charge in [-0.3, -0.25) is 9.36 Å². The zero-order valence-corrected chi connectivity index (χ0v) is 22.2. The summed E-state index contributed by atoms with van der Waals surface area (Å²) in [5.74, 6) is 2.71. The van der Waals surface area contributed by atoms with Crippen LogP contribution in [0.25, 0.3) is 11.0 Å². The van der Waals surface area contributed by atoms with Gasteiger partial charge < -0.3 is 9.80 Å². The van der Waals surface area contributed by atoms with Crippen molar-refractivity contribution in [2.45, 2.75) is 90.8 Å². The molecule has 0 radical (unpaired) electrons. The highest BCUT2D eigenvalue weighted by molar-refractivity contribution is 5.87. The monoisotopic (exact) mass is 488 g/mol. The summed E-state index contributed by atoms with van der Waals surface area (Å²) in [7, 11) is 1.95.